The third kappa shape index (κ3) is 2.13. The lowest BCUT2D eigenvalue weighted by atomic mass is 10.3. The number of hydrogen-bond acceptors (Lipinski definition) is 3. The number of nitrogen functional groups attached to an aromatic ring is 1. The van der Waals surface area contributed by atoms with Crippen LogP contribution in [0.3, 0.4) is 0 Å². The van der Waals surface area contributed by atoms with Gasteiger partial charge in [-0.2, -0.15) is 11.8 Å². The number of halogens is 1. The number of imidazole rings is 1. The molecule has 1 unspecified atom stereocenters. The highest BCUT2D eigenvalue weighted by atomic mass is 35.5. The zero-order valence-electron chi connectivity index (χ0n) is 9.27. The molecule has 0 saturated heterocycles. The molecule has 5 heteroatoms. The van der Waals surface area contributed by atoms with Gasteiger partial charge in [0.25, 0.3) is 0 Å². The van der Waals surface area contributed by atoms with E-state index in [1.54, 1.807) is 0 Å². The van der Waals surface area contributed by atoms with E-state index in [4.69, 9.17) is 17.3 Å². The van der Waals surface area contributed by atoms with Gasteiger partial charge in [0.05, 0.1) is 11.0 Å². The van der Waals surface area contributed by atoms with Crippen molar-refractivity contribution < 1.29 is 0 Å². The molecule has 0 saturated carbocycles. The van der Waals surface area contributed by atoms with Crippen LogP contribution in [0.15, 0.2) is 18.2 Å². The Labute approximate surface area is 104 Å². The summed E-state index contributed by atoms with van der Waals surface area (Å²) in [6.45, 7) is 3.02. The molecule has 0 spiro atoms. The predicted molar refractivity (Wildman–Crippen MR) is 72.1 cm³/mol. The Morgan fingerprint density at radius 3 is 3.00 bits per heavy atom. The van der Waals surface area contributed by atoms with Gasteiger partial charge in [0, 0.05) is 16.8 Å². The average Bonchev–Trinajstić information content (AvgIpc) is 2.55. The molecule has 0 aliphatic rings. The Bertz CT molecular complexity index is 509. The van der Waals surface area contributed by atoms with Crippen molar-refractivity contribution in [3.05, 3.63) is 23.2 Å². The molecule has 0 amide bonds. The number of benzene rings is 1. The molecule has 1 aromatic carbocycles. The van der Waals surface area contributed by atoms with Crippen LogP contribution in [0.25, 0.3) is 11.0 Å². The molecule has 1 heterocycles. The molecule has 16 heavy (non-hydrogen) atoms. The fraction of sp³-hybridized carbons (Fsp3) is 0.364. The SMILES string of the molecule is CSC(C)Cn1c(N)nc2ccc(Cl)cc21. The van der Waals surface area contributed by atoms with Gasteiger partial charge in [-0.1, -0.05) is 18.5 Å². The fourth-order valence-electron chi connectivity index (χ4n) is 1.64. The van der Waals surface area contributed by atoms with E-state index < -0.39 is 0 Å². The van der Waals surface area contributed by atoms with E-state index in [2.05, 4.69) is 18.2 Å². The monoisotopic (exact) mass is 255 g/mol. The van der Waals surface area contributed by atoms with Crippen molar-refractivity contribution in [2.75, 3.05) is 12.0 Å². The van der Waals surface area contributed by atoms with Crippen LogP contribution >= 0.6 is 23.4 Å². The van der Waals surface area contributed by atoms with Crippen LogP contribution in [-0.4, -0.2) is 21.1 Å². The third-order valence-electron chi connectivity index (χ3n) is 2.58. The normalized spacial score (nSPS) is 13.2. The molecule has 1 atom stereocenters. The summed E-state index contributed by atoms with van der Waals surface area (Å²) < 4.78 is 2.02. The Kier molecular flexibility index (Phi) is 3.30. The van der Waals surface area contributed by atoms with Crippen LogP contribution in [0, 0.1) is 0 Å². The molecule has 2 rings (SSSR count). The highest BCUT2D eigenvalue weighted by molar-refractivity contribution is 7.99. The highest BCUT2D eigenvalue weighted by Gasteiger charge is 2.10. The maximum absolute atomic E-state index is 5.98. The van der Waals surface area contributed by atoms with Gasteiger partial charge < -0.3 is 10.3 Å². The van der Waals surface area contributed by atoms with Gasteiger partial charge in [-0.05, 0) is 24.5 Å². The van der Waals surface area contributed by atoms with E-state index in [-0.39, 0.29) is 0 Å². The lowest BCUT2D eigenvalue weighted by Crippen LogP contribution is -2.11. The minimum atomic E-state index is 0.499. The second kappa shape index (κ2) is 4.55. The average molecular weight is 256 g/mol. The lowest BCUT2D eigenvalue weighted by molar-refractivity contribution is 0.721. The van der Waals surface area contributed by atoms with Crippen molar-refractivity contribution in [2.45, 2.75) is 18.7 Å². The second-order valence-electron chi connectivity index (χ2n) is 3.76. The van der Waals surface area contributed by atoms with E-state index in [9.17, 15) is 0 Å². The maximum Gasteiger partial charge on any atom is 0.201 e. The summed E-state index contributed by atoms with van der Waals surface area (Å²) in [4.78, 5) is 4.31. The topological polar surface area (TPSA) is 43.8 Å². The van der Waals surface area contributed by atoms with Gasteiger partial charge in [-0.25, -0.2) is 4.98 Å². The van der Waals surface area contributed by atoms with Crippen molar-refractivity contribution in [1.29, 1.82) is 0 Å². The molecule has 0 fully saturated rings. The van der Waals surface area contributed by atoms with Crippen LogP contribution < -0.4 is 5.73 Å². The van der Waals surface area contributed by atoms with Crippen molar-refractivity contribution in [2.24, 2.45) is 0 Å². The van der Waals surface area contributed by atoms with Gasteiger partial charge in [0.1, 0.15) is 0 Å². The van der Waals surface area contributed by atoms with Gasteiger partial charge in [-0.15, -0.1) is 0 Å². The summed E-state index contributed by atoms with van der Waals surface area (Å²) in [5.74, 6) is 0.554. The zero-order valence-corrected chi connectivity index (χ0v) is 10.8. The molecule has 2 N–H and O–H groups in total. The lowest BCUT2D eigenvalue weighted by Gasteiger charge is -2.11. The molecule has 0 aliphatic heterocycles. The van der Waals surface area contributed by atoms with Crippen molar-refractivity contribution in [3.63, 3.8) is 0 Å². The zero-order chi connectivity index (χ0) is 11.7. The molecular formula is C11H14ClN3S. The van der Waals surface area contributed by atoms with Crippen LogP contribution in [-0.2, 0) is 6.54 Å². The van der Waals surface area contributed by atoms with E-state index >= 15 is 0 Å². The predicted octanol–water partition coefficient (Wildman–Crippen LogP) is 3.02. The van der Waals surface area contributed by atoms with Crippen LogP contribution in [0.4, 0.5) is 5.95 Å². The number of hydrogen-bond donors (Lipinski definition) is 1. The second-order valence-corrected chi connectivity index (χ2v) is 5.47. The first kappa shape index (κ1) is 11.6. The van der Waals surface area contributed by atoms with Crippen molar-refractivity contribution in [1.82, 2.24) is 9.55 Å². The first-order valence-electron chi connectivity index (χ1n) is 5.06. The Morgan fingerprint density at radius 2 is 2.31 bits per heavy atom. The number of aromatic nitrogens is 2. The van der Waals surface area contributed by atoms with Gasteiger partial charge in [-0.3, -0.25) is 0 Å². The summed E-state index contributed by atoms with van der Waals surface area (Å²) in [7, 11) is 0. The number of nitrogens with two attached hydrogens (primary N) is 1. The first-order valence-corrected chi connectivity index (χ1v) is 6.72. The van der Waals surface area contributed by atoms with Crippen LogP contribution in [0.5, 0.6) is 0 Å². The quantitative estimate of drug-likeness (QED) is 0.917. The molecule has 1 aromatic heterocycles. The summed E-state index contributed by atoms with van der Waals surface area (Å²) in [6, 6.07) is 5.64. The van der Waals surface area contributed by atoms with E-state index in [0.29, 0.717) is 16.2 Å². The third-order valence-corrected chi connectivity index (χ3v) is 3.77. The molecule has 0 aliphatic carbocycles. The van der Waals surface area contributed by atoms with Crippen LogP contribution in [0.1, 0.15) is 6.92 Å². The van der Waals surface area contributed by atoms with Gasteiger partial charge in [0.15, 0.2) is 0 Å². The Hall–Kier alpha value is -0.870. The Balaban J connectivity index is 2.50. The number of thioether (sulfide) groups is 1. The maximum atomic E-state index is 5.98. The van der Waals surface area contributed by atoms with E-state index in [1.807, 2.05) is 34.5 Å². The number of fused-ring (bicyclic) bond motifs is 1. The van der Waals surface area contributed by atoms with E-state index in [1.165, 1.54) is 0 Å². The molecule has 0 bridgehead atoms. The van der Waals surface area contributed by atoms with Crippen molar-refractivity contribution in [3.8, 4) is 0 Å². The molecule has 2 aromatic rings. The summed E-state index contributed by atoms with van der Waals surface area (Å²) >= 11 is 7.79. The molecular weight excluding hydrogens is 242 g/mol. The minimum absolute atomic E-state index is 0.499. The number of rotatable bonds is 3. The van der Waals surface area contributed by atoms with Gasteiger partial charge >= 0.3 is 0 Å². The summed E-state index contributed by atoms with van der Waals surface area (Å²) in [5.41, 5.74) is 7.81. The summed E-state index contributed by atoms with van der Waals surface area (Å²) in [5, 5.41) is 1.21. The smallest absolute Gasteiger partial charge is 0.201 e. The molecule has 3 nitrogen and oxygen atoms in total. The van der Waals surface area contributed by atoms with Crippen LogP contribution in [0.2, 0.25) is 5.02 Å². The summed E-state index contributed by atoms with van der Waals surface area (Å²) in [6.07, 6.45) is 2.09. The molecule has 86 valence electrons. The largest absolute Gasteiger partial charge is 0.369 e. The number of nitrogens with zero attached hydrogens (tertiary/aromatic N) is 2. The molecule has 0 radical (unpaired) electrons. The standard InChI is InChI=1S/C11H14ClN3S/c1-7(16-2)6-15-10-5-8(12)3-4-9(10)14-11(15)13/h3-5,7H,6H2,1-2H3,(H2,13,14). The number of anilines is 1. The van der Waals surface area contributed by atoms with Crippen molar-refractivity contribution >= 4 is 40.3 Å². The Morgan fingerprint density at radius 1 is 1.56 bits per heavy atom. The first-order chi connectivity index (χ1) is 7.61. The van der Waals surface area contributed by atoms with Gasteiger partial charge in [0.2, 0.25) is 5.95 Å². The fourth-order valence-corrected chi connectivity index (χ4v) is 2.10. The highest BCUT2D eigenvalue weighted by Crippen LogP contribution is 2.23. The van der Waals surface area contributed by atoms with E-state index in [0.717, 1.165) is 17.6 Å². The minimum Gasteiger partial charge on any atom is -0.369 e.